The minimum atomic E-state index is -0.356. The van der Waals surface area contributed by atoms with Crippen molar-refractivity contribution in [2.75, 3.05) is 12.1 Å². The summed E-state index contributed by atoms with van der Waals surface area (Å²) >= 11 is 11.4. The van der Waals surface area contributed by atoms with Gasteiger partial charge in [-0.2, -0.15) is 0 Å². The first kappa shape index (κ1) is 20.3. The molecule has 5 rings (SSSR count). The first-order valence-corrected chi connectivity index (χ1v) is 10.4. The number of aromatic nitrogens is 1. The number of rotatable bonds is 3. The number of hydrogen-bond acceptors (Lipinski definition) is 6. The Hall–Kier alpha value is -3.62. The quantitative estimate of drug-likeness (QED) is 0.396. The molecule has 1 aliphatic rings. The summed E-state index contributed by atoms with van der Waals surface area (Å²) in [7, 11) is 0. The van der Waals surface area contributed by atoms with Crippen LogP contribution in [-0.2, 0) is 0 Å². The fourth-order valence-corrected chi connectivity index (χ4v) is 3.65. The summed E-state index contributed by atoms with van der Waals surface area (Å²) in [5.41, 5.74) is 4.15. The second-order valence-electron chi connectivity index (χ2n) is 7.14. The highest BCUT2D eigenvalue weighted by molar-refractivity contribution is 7.80. The van der Waals surface area contributed by atoms with Crippen LogP contribution in [0, 0.1) is 6.92 Å². The molecule has 2 heterocycles. The maximum absolute atomic E-state index is 12.6. The Balaban J connectivity index is 1.33. The maximum Gasteiger partial charge on any atom is 0.257 e. The number of nitrogens with zero attached hydrogens (tertiary/aromatic N) is 1. The van der Waals surface area contributed by atoms with Gasteiger partial charge in [-0.15, -0.1) is 0 Å². The molecule has 160 valence electrons. The van der Waals surface area contributed by atoms with Gasteiger partial charge in [0.25, 0.3) is 5.91 Å². The van der Waals surface area contributed by atoms with E-state index in [0.29, 0.717) is 39.1 Å². The molecule has 0 atom stereocenters. The molecule has 0 bridgehead atoms. The fourth-order valence-electron chi connectivity index (χ4n) is 3.28. The molecule has 0 unspecified atom stereocenters. The molecule has 0 saturated carbocycles. The molecule has 9 heteroatoms. The fraction of sp³-hybridized carbons (Fsp3) is 0.0870. The lowest BCUT2D eigenvalue weighted by Crippen LogP contribution is -2.34. The average molecular weight is 466 g/mol. The molecule has 7 nitrogen and oxygen atoms in total. The van der Waals surface area contributed by atoms with E-state index in [4.69, 9.17) is 37.7 Å². The maximum atomic E-state index is 12.6. The second kappa shape index (κ2) is 8.14. The van der Waals surface area contributed by atoms with Gasteiger partial charge in [-0.1, -0.05) is 17.7 Å². The van der Waals surface area contributed by atoms with Crippen molar-refractivity contribution in [2.45, 2.75) is 6.92 Å². The zero-order valence-electron chi connectivity index (χ0n) is 16.8. The van der Waals surface area contributed by atoms with Gasteiger partial charge in [0.05, 0.1) is 0 Å². The van der Waals surface area contributed by atoms with Crippen LogP contribution in [0.5, 0.6) is 11.5 Å². The summed E-state index contributed by atoms with van der Waals surface area (Å²) in [4.78, 5) is 17.1. The summed E-state index contributed by atoms with van der Waals surface area (Å²) in [6, 6.07) is 15.9. The van der Waals surface area contributed by atoms with Crippen LogP contribution in [0.1, 0.15) is 15.9 Å². The van der Waals surface area contributed by atoms with Gasteiger partial charge >= 0.3 is 0 Å². The molecule has 0 saturated heterocycles. The van der Waals surface area contributed by atoms with E-state index in [1.54, 1.807) is 36.4 Å². The van der Waals surface area contributed by atoms with Crippen LogP contribution >= 0.6 is 23.8 Å². The van der Waals surface area contributed by atoms with Crippen molar-refractivity contribution >= 4 is 51.6 Å². The number of benzene rings is 3. The Labute approximate surface area is 193 Å². The number of amides is 1. The van der Waals surface area contributed by atoms with Crippen molar-refractivity contribution in [1.29, 1.82) is 0 Å². The van der Waals surface area contributed by atoms with Gasteiger partial charge in [0, 0.05) is 21.8 Å². The monoisotopic (exact) mass is 465 g/mol. The number of halogens is 1. The zero-order valence-corrected chi connectivity index (χ0v) is 18.3. The summed E-state index contributed by atoms with van der Waals surface area (Å²) < 4.78 is 16.4. The van der Waals surface area contributed by atoms with Crippen molar-refractivity contribution < 1.29 is 18.7 Å². The van der Waals surface area contributed by atoms with Gasteiger partial charge < -0.3 is 19.2 Å². The predicted molar refractivity (Wildman–Crippen MR) is 125 cm³/mol. The van der Waals surface area contributed by atoms with Crippen molar-refractivity contribution in [2.24, 2.45) is 0 Å². The van der Waals surface area contributed by atoms with Crippen LogP contribution in [0.15, 0.2) is 59.0 Å². The number of hydrogen-bond donors (Lipinski definition) is 2. The van der Waals surface area contributed by atoms with E-state index in [9.17, 15) is 4.79 Å². The molecule has 1 aliphatic heterocycles. The number of oxazole rings is 1. The van der Waals surface area contributed by atoms with E-state index in [0.717, 1.165) is 16.8 Å². The summed E-state index contributed by atoms with van der Waals surface area (Å²) in [5.74, 6) is 1.24. The molecule has 0 radical (unpaired) electrons. The lowest BCUT2D eigenvalue weighted by Gasteiger charge is -2.13. The number of nitrogens with one attached hydrogen (secondary N) is 2. The van der Waals surface area contributed by atoms with Gasteiger partial charge in [-0.25, -0.2) is 4.98 Å². The van der Waals surface area contributed by atoms with E-state index in [1.165, 1.54) is 0 Å². The summed E-state index contributed by atoms with van der Waals surface area (Å²) in [6.07, 6.45) is 0. The lowest BCUT2D eigenvalue weighted by atomic mass is 10.1. The number of anilines is 1. The topological polar surface area (TPSA) is 85.6 Å². The van der Waals surface area contributed by atoms with Crippen LogP contribution in [-0.4, -0.2) is 22.8 Å². The van der Waals surface area contributed by atoms with E-state index >= 15 is 0 Å². The normalized spacial score (nSPS) is 12.1. The molecular weight excluding hydrogens is 450 g/mol. The lowest BCUT2D eigenvalue weighted by molar-refractivity contribution is 0.0977. The van der Waals surface area contributed by atoms with E-state index in [-0.39, 0.29) is 17.8 Å². The highest BCUT2D eigenvalue weighted by atomic mass is 35.5. The minimum absolute atomic E-state index is 0.142. The number of thiocarbonyl (C=S) groups is 1. The molecule has 32 heavy (non-hydrogen) atoms. The van der Waals surface area contributed by atoms with Crippen molar-refractivity contribution in [3.8, 4) is 23.0 Å². The third-order valence-corrected chi connectivity index (χ3v) is 5.38. The Bertz CT molecular complexity index is 1390. The third-order valence-electron chi connectivity index (χ3n) is 4.94. The Morgan fingerprint density at radius 3 is 2.78 bits per heavy atom. The largest absolute Gasteiger partial charge is 0.454 e. The van der Waals surface area contributed by atoms with Crippen molar-refractivity contribution in [3.05, 3.63) is 70.7 Å². The van der Waals surface area contributed by atoms with E-state index in [1.807, 2.05) is 25.1 Å². The molecule has 0 aliphatic carbocycles. The third kappa shape index (κ3) is 3.98. The molecule has 0 spiro atoms. The standard InChI is InChI=1S/C23H16ClN3O4S/c1-12-2-3-14(22-25-17-10-15(24)5-7-18(17)31-22)8-16(12)26-23(32)27-21(28)13-4-6-19-20(9-13)30-11-29-19/h2-10H,11H2,1H3,(H2,26,27,28,32). The Morgan fingerprint density at radius 2 is 1.91 bits per heavy atom. The number of carbonyl (C=O) groups excluding carboxylic acids is 1. The van der Waals surface area contributed by atoms with Gasteiger partial charge in [0.15, 0.2) is 22.2 Å². The SMILES string of the molecule is Cc1ccc(-c2nc3cc(Cl)ccc3o2)cc1NC(=S)NC(=O)c1ccc2c(c1)OCO2. The van der Waals surface area contributed by atoms with Crippen LogP contribution in [0.3, 0.4) is 0 Å². The highest BCUT2D eigenvalue weighted by Crippen LogP contribution is 2.32. The van der Waals surface area contributed by atoms with Gasteiger partial charge in [-0.3, -0.25) is 10.1 Å². The molecule has 0 fully saturated rings. The number of carbonyl (C=O) groups is 1. The number of aryl methyl sites for hydroxylation is 1. The highest BCUT2D eigenvalue weighted by Gasteiger charge is 2.17. The molecule has 3 aromatic carbocycles. The van der Waals surface area contributed by atoms with Crippen LogP contribution < -0.4 is 20.1 Å². The molecular formula is C23H16ClN3O4S. The van der Waals surface area contributed by atoms with Crippen LogP contribution in [0.4, 0.5) is 5.69 Å². The Morgan fingerprint density at radius 1 is 1.06 bits per heavy atom. The first-order chi connectivity index (χ1) is 15.5. The predicted octanol–water partition coefficient (Wildman–Crippen LogP) is 5.31. The molecule has 4 aromatic rings. The molecule has 2 N–H and O–H groups in total. The second-order valence-corrected chi connectivity index (χ2v) is 7.98. The molecule has 1 aromatic heterocycles. The number of ether oxygens (including phenoxy) is 2. The van der Waals surface area contributed by atoms with E-state index < -0.39 is 0 Å². The smallest absolute Gasteiger partial charge is 0.257 e. The minimum Gasteiger partial charge on any atom is -0.454 e. The van der Waals surface area contributed by atoms with Gasteiger partial charge in [0.1, 0.15) is 5.52 Å². The van der Waals surface area contributed by atoms with Gasteiger partial charge in [0.2, 0.25) is 12.7 Å². The van der Waals surface area contributed by atoms with Crippen LogP contribution in [0.25, 0.3) is 22.6 Å². The Kier molecular flexibility index (Phi) is 5.16. The number of fused-ring (bicyclic) bond motifs is 2. The van der Waals surface area contributed by atoms with E-state index in [2.05, 4.69) is 15.6 Å². The first-order valence-electron chi connectivity index (χ1n) is 9.65. The average Bonchev–Trinajstić information content (AvgIpc) is 3.41. The van der Waals surface area contributed by atoms with Gasteiger partial charge in [-0.05, 0) is 73.2 Å². The zero-order chi connectivity index (χ0) is 22.2. The van der Waals surface area contributed by atoms with Crippen molar-refractivity contribution in [1.82, 2.24) is 10.3 Å². The molecule has 1 amide bonds. The van der Waals surface area contributed by atoms with Crippen LogP contribution in [0.2, 0.25) is 5.02 Å². The van der Waals surface area contributed by atoms with Crippen molar-refractivity contribution in [3.63, 3.8) is 0 Å². The summed E-state index contributed by atoms with van der Waals surface area (Å²) in [5, 5.41) is 6.50. The summed E-state index contributed by atoms with van der Waals surface area (Å²) in [6.45, 7) is 2.07.